The van der Waals surface area contributed by atoms with Crippen molar-refractivity contribution in [2.24, 2.45) is 11.1 Å². The van der Waals surface area contributed by atoms with Gasteiger partial charge in [-0.2, -0.15) is 11.8 Å². The van der Waals surface area contributed by atoms with Gasteiger partial charge in [0.25, 0.3) is 5.91 Å². The first kappa shape index (κ1) is 19.9. The number of hydrogen-bond acceptors (Lipinski definition) is 6. The molecule has 8 heteroatoms. The Labute approximate surface area is 174 Å². The lowest BCUT2D eigenvalue weighted by molar-refractivity contribution is 0.0909. The lowest BCUT2D eigenvalue weighted by Gasteiger charge is -2.30. The van der Waals surface area contributed by atoms with Crippen LogP contribution in [0, 0.1) is 12.3 Å². The summed E-state index contributed by atoms with van der Waals surface area (Å²) in [5.74, 6) is 2.76. The molecule has 2 aromatic heterocycles. The molecule has 7 nitrogen and oxygen atoms in total. The lowest BCUT2D eigenvalue weighted by Crippen LogP contribution is -2.29. The number of ketones is 1. The van der Waals surface area contributed by atoms with E-state index in [1.54, 1.807) is 6.20 Å². The van der Waals surface area contributed by atoms with Crippen LogP contribution in [0.15, 0.2) is 12.4 Å². The summed E-state index contributed by atoms with van der Waals surface area (Å²) >= 11 is 1.93. The van der Waals surface area contributed by atoms with Crippen LogP contribution in [-0.2, 0) is 6.42 Å². The Bertz CT molecular complexity index is 976. The van der Waals surface area contributed by atoms with Crippen LogP contribution in [0.2, 0.25) is 0 Å². The van der Waals surface area contributed by atoms with Gasteiger partial charge in [0.2, 0.25) is 0 Å². The van der Waals surface area contributed by atoms with Gasteiger partial charge in [-0.05, 0) is 48.7 Å². The smallest absolute Gasteiger partial charge is 0.271 e. The number of nitrogens with zero attached hydrogens (tertiary/aromatic N) is 3. The molecule has 154 valence electrons. The largest absolute Gasteiger partial charge is 0.365 e. The zero-order valence-electron chi connectivity index (χ0n) is 17.1. The predicted octanol–water partition coefficient (Wildman–Crippen LogP) is 3.14. The highest BCUT2D eigenvalue weighted by molar-refractivity contribution is 7.99. The Morgan fingerprint density at radius 2 is 2.03 bits per heavy atom. The number of fused-ring (bicyclic) bond motifs is 1. The van der Waals surface area contributed by atoms with Crippen LogP contribution in [0.3, 0.4) is 0 Å². The minimum atomic E-state index is -0.598. The summed E-state index contributed by atoms with van der Waals surface area (Å²) in [4.78, 5) is 33.7. The minimum absolute atomic E-state index is 0.103. The van der Waals surface area contributed by atoms with Gasteiger partial charge in [-0.3, -0.25) is 9.59 Å². The molecule has 0 spiro atoms. The third-order valence-corrected chi connectivity index (χ3v) is 6.71. The molecule has 2 aliphatic rings. The predicted molar refractivity (Wildman–Crippen MR) is 115 cm³/mol. The molecule has 1 amide bonds. The number of nitrogens with two attached hydrogens (primary N) is 1. The number of Topliss-reactive ketones (excluding diaryl/α,β-unsaturated/α-hetero) is 1. The van der Waals surface area contributed by atoms with E-state index in [9.17, 15) is 9.59 Å². The summed E-state index contributed by atoms with van der Waals surface area (Å²) in [6.45, 7) is 6.17. The molecular weight excluding hydrogens is 386 g/mol. The molecule has 0 atom stereocenters. The highest BCUT2D eigenvalue weighted by atomic mass is 32.2. The number of carbonyl (C=O) groups excluding carboxylic acids is 2. The summed E-state index contributed by atoms with van der Waals surface area (Å²) in [5, 5.41) is 3.38. The first-order valence-corrected chi connectivity index (χ1v) is 11.2. The highest BCUT2D eigenvalue weighted by Crippen LogP contribution is 2.38. The molecule has 0 bridgehead atoms. The Morgan fingerprint density at radius 1 is 1.31 bits per heavy atom. The maximum Gasteiger partial charge on any atom is 0.271 e. The number of rotatable bonds is 4. The van der Waals surface area contributed by atoms with E-state index in [4.69, 9.17) is 10.7 Å². The Kier molecular flexibility index (Phi) is 5.14. The second-order valence-electron chi connectivity index (χ2n) is 8.77. The Balaban J connectivity index is 1.76. The number of nitrogens with one attached hydrogen (secondary N) is 1. The van der Waals surface area contributed by atoms with Crippen molar-refractivity contribution in [1.29, 1.82) is 0 Å². The molecule has 0 unspecified atom stereocenters. The van der Waals surface area contributed by atoms with Gasteiger partial charge in [0.15, 0.2) is 23.1 Å². The van der Waals surface area contributed by atoms with Gasteiger partial charge in [0, 0.05) is 29.9 Å². The summed E-state index contributed by atoms with van der Waals surface area (Å²) in [6, 6.07) is 0.250. The molecule has 29 heavy (non-hydrogen) atoms. The average molecular weight is 414 g/mol. The fourth-order valence-corrected chi connectivity index (χ4v) is 5.40. The number of carbonyl (C=O) groups is 2. The first-order chi connectivity index (χ1) is 13.7. The van der Waals surface area contributed by atoms with Crippen molar-refractivity contribution in [2.75, 3.05) is 16.8 Å². The van der Waals surface area contributed by atoms with E-state index in [-0.39, 0.29) is 22.9 Å². The van der Waals surface area contributed by atoms with Crippen molar-refractivity contribution < 1.29 is 9.59 Å². The number of primary amides is 1. The molecule has 1 saturated heterocycles. The topological polar surface area (TPSA) is 103 Å². The molecule has 3 heterocycles. The van der Waals surface area contributed by atoms with Crippen LogP contribution in [0.5, 0.6) is 0 Å². The van der Waals surface area contributed by atoms with Gasteiger partial charge in [0.1, 0.15) is 0 Å². The molecule has 1 fully saturated rings. The SMILES string of the molecule is Cc1cn(-c2cnc(C(N)=O)c(NC3CCSCC3)n2)c2c1C(=O)CC(C)(C)C2. The van der Waals surface area contributed by atoms with Crippen LogP contribution in [0.1, 0.15) is 65.2 Å². The number of hydrogen-bond donors (Lipinski definition) is 2. The van der Waals surface area contributed by atoms with Crippen LogP contribution < -0.4 is 11.1 Å². The third kappa shape index (κ3) is 3.90. The highest BCUT2D eigenvalue weighted by Gasteiger charge is 2.35. The van der Waals surface area contributed by atoms with Crippen LogP contribution in [0.25, 0.3) is 5.82 Å². The summed E-state index contributed by atoms with van der Waals surface area (Å²) in [5.41, 5.74) is 8.29. The Morgan fingerprint density at radius 3 is 2.72 bits per heavy atom. The second kappa shape index (κ2) is 7.48. The van der Waals surface area contributed by atoms with Crippen molar-refractivity contribution in [3.8, 4) is 5.82 Å². The molecule has 2 aromatic rings. The van der Waals surface area contributed by atoms with Crippen molar-refractivity contribution in [3.05, 3.63) is 34.9 Å². The van der Waals surface area contributed by atoms with E-state index in [0.717, 1.165) is 47.6 Å². The van der Waals surface area contributed by atoms with E-state index in [1.807, 2.05) is 29.4 Å². The maximum absolute atomic E-state index is 12.7. The van der Waals surface area contributed by atoms with Gasteiger partial charge in [-0.25, -0.2) is 9.97 Å². The molecule has 0 radical (unpaired) electrons. The summed E-state index contributed by atoms with van der Waals surface area (Å²) in [7, 11) is 0. The number of aryl methyl sites for hydroxylation is 1. The molecule has 0 saturated carbocycles. The molecule has 0 aromatic carbocycles. The standard InChI is InChI=1S/C21H27N5O2S/c1-12-11-26(14-8-21(2,3)9-15(27)17(12)14)16-10-23-18(19(22)28)20(25-16)24-13-4-6-29-7-5-13/h10-11,13H,4-9H2,1-3H3,(H2,22,28)(H,24,25). The number of thioether (sulfide) groups is 1. The van der Waals surface area contributed by atoms with Gasteiger partial charge in [-0.15, -0.1) is 0 Å². The van der Waals surface area contributed by atoms with Gasteiger partial charge in [-0.1, -0.05) is 13.8 Å². The van der Waals surface area contributed by atoms with Crippen LogP contribution >= 0.6 is 11.8 Å². The van der Waals surface area contributed by atoms with Crippen molar-refractivity contribution >= 4 is 29.3 Å². The van der Waals surface area contributed by atoms with Crippen LogP contribution in [0.4, 0.5) is 5.82 Å². The number of anilines is 1. The molecule has 1 aliphatic carbocycles. The zero-order chi connectivity index (χ0) is 20.8. The average Bonchev–Trinajstić information content (AvgIpc) is 2.97. The molecule has 4 rings (SSSR count). The number of amides is 1. The zero-order valence-corrected chi connectivity index (χ0v) is 17.9. The van der Waals surface area contributed by atoms with Crippen molar-refractivity contribution in [1.82, 2.24) is 14.5 Å². The third-order valence-electron chi connectivity index (χ3n) is 5.66. The fourth-order valence-electron chi connectivity index (χ4n) is 4.29. The summed E-state index contributed by atoms with van der Waals surface area (Å²) in [6.07, 6.45) is 6.85. The fraction of sp³-hybridized carbons (Fsp3) is 0.524. The maximum atomic E-state index is 12.7. The van der Waals surface area contributed by atoms with Gasteiger partial charge < -0.3 is 15.6 Å². The Hall–Kier alpha value is -2.35. The van der Waals surface area contributed by atoms with E-state index in [1.165, 1.54) is 0 Å². The monoisotopic (exact) mass is 413 g/mol. The minimum Gasteiger partial charge on any atom is -0.365 e. The normalized spacial score (nSPS) is 19.1. The van der Waals surface area contributed by atoms with Crippen molar-refractivity contribution in [3.63, 3.8) is 0 Å². The molecule has 1 aliphatic heterocycles. The van der Waals surface area contributed by atoms with Crippen molar-refractivity contribution in [2.45, 2.75) is 52.5 Å². The summed E-state index contributed by atoms with van der Waals surface area (Å²) < 4.78 is 1.95. The first-order valence-electron chi connectivity index (χ1n) is 10.0. The second-order valence-corrected chi connectivity index (χ2v) is 9.99. The van der Waals surface area contributed by atoms with E-state index < -0.39 is 5.91 Å². The molecular formula is C21H27N5O2S. The van der Waals surface area contributed by atoms with Gasteiger partial charge in [0.05, 0.1) is 6.20 Å². The van der Waals surface area contributed by atoms with Gasteiger partial charge >= 0.3 is 0 Å². The molecule has 3 N–H and O–H groups in total. The van der Waals surface area contributed by atoms with E-state index in [2.05, 4.69) is 24.1 Å². The van der Waals surface area contributed by atoms with E-state index in [0.29, 0.717) is 18.1 Å². The number of aromatic nitrogens is 3. The lowest BCUT2D eigenvalue weighted by atomic mass is 9.75. The quantitative estimate of drug-likeness (QED) is 0.798. The van der Waals surface area contributed by atoms with Crippen LogP contribution in [-0.4, -0.2) is 43.8 Å². The van der Waals surface area contributed by atoms with E-state index >= 15 is 0 Å².